The minimum Gasteiger partial charge on any atom is -0.325 e. The maximum atomic E-state index is 13.8. The summed E-state index contributed by atoms with van der Waals surface area (Å²) < 4.78 is 0. The molecule has 1 atom stereocenters. The van der Waals surface area contributed by atoms with Crippen LogP contribution in [0.25, 0.3) is 0 Å². The van der Waals surface area contributed by atoms with E-state index in [4.69, 9.17) is 0 Å². The van der Waals surface area contributed by atoms with Crippen molar-refractivity contribution < 1.29 is 14.4 Å². The largest absolute Gasteiger partial charge is 0.325 e. The number of hydrogen-bond acceptors (Lipinski definition) is 4. The van der Waals surface area contributed by atoms with Crippen molar-refractivity contribution in [2.45, 2.75) is 66.5 Å². The van der Waals surface area contributed by atoms with E-state index in [1.165, 1.54) is 4.90 Å². The number of carbonyl (C=O) groups is 3. The Labute approximate surface area is 196 Å². The molecule has 1 aromatic carbocycles. The second kappa shape index (κ2) is 8.08. The van der Waals surface area contributed by atoms with Gasteiger partial charge < -0.3 is 4.90 Å². The highest BCUT2D eigenvalue weighted by atomic mass is 16.2. The van der Waals surface area contributed by atoms with Crippen LogP contribution in [0.4, 0.5) is 5.69 Å². The molecule has 33 heavy (non-hydrogen) atoms. The maximum Gasteiger partial charge on any atom is 0.257 e. The highest BCUT2D eigenvalue weighted by Crippen LogP contribution is 2.69. The summed E-state index contributed by atoms with van der Waals surface area (Å²) in [6, 6.07) is 10.4. The van der Waals surface area contributed by atoms with Gasteiger partial charge in [0.2, 0.25) is 11.8 Å². The molecule has 2 fully saturated rings. The van der Waals surface area contributed by atoms with Crippen molar-refractivity contribution in [3.8, 4) is 0 Å². The first-order valence-electron chi connectivity index (χ1n) is 11.6. The number of imide groups is 1. The van der Waals surface area contributed by atoms with Gasteiger partial charge in [0.05, 0.1) is 12.1 Å². The van der Waals surface area contributed by atoms with E-state index in [2.05, 4.69) is 46.5 Å². The van der Waals surface area contributed by atoms with Crippen molar-refractivity contribution in [3.05, 3.63) is 59.9 Å². The molecule has 1 aliphatic heterocycles. The van der Waals surface area contributed by atoms with Crippen LogP contribution < -0.4 is 4.90 Å². The zero-order valence-corrected chi connectivity index (χ0v) is 20.3. The van der Waals surface area contributed by atoms with Crippen LogP contribution in [0.3, 0.4) is 0 Å². The molecule has 0 N–H and O–H groups in total. The first kappa shape index (κ1) is 23.1. The van der Waals surface area contributed by atoms with Crippen molar-refractivity contribution in [3.63, 3.8) is 0 Å². The number of carbonyl (C=O) groups excluding carboxylic acids is 3. The molecule has 1 aliphatic carbocycles. The normalized spacial score (nSPS) is 21.5. The highest BCUT2D eigenvalue weighted by molar-refractivity contribution is 6.23. The number of nitrogens with zero attached hydrogens (tertiary/aromatic N) is 3. The summed E-state index contributed by atoms with van der Waals surface area (Å²) in [5.41, 5.74) is 2.19. The number of rotatable bonds is 6. The van der Waals surface area contributed by atoms with Gasteiger partial charge in [0, 0.05) is 24.9 Å². The van der Waals surface area contributed by atoms with Crippen molar-refractivity contribution in [2.24, 2.45) is 16.7 Å². The lowest BCUT2D eigenvalue weighted by molar-refractivity contribution is -0.141. The van der Waals surface area contributed by atoms with E-state index in [0.717, 1.165) is 11.1 Å². The summed E-state index contributed by atoms with van der Waals surface area (Å²) in [5.74, 6) is -0.540. The average Bonchev–Trinajstić information content (AvgIpc) is 3.00. The molecule has 1 saturated heterocycles. The molecule has 0 bridgehead atoms. The molecule has 0 radical (unpaired) electrons. The molecule has 6 nitrogen and oxygen atoms in total. The van der Waals surface area contributed by atoms with Gasteiger partial charge in [-0.05, 0) is 46.1 Å². The summed E-state index contributed by atoms with van der Waals surface area (Å²) in [5, 5.41) is 0. The lowest BCUT2D eigenvalue weighted by atomic mass is 10.0. The Kier molecular flexibility index (Phi) is 5.67. The molecular weight excluding hydrogens is 414 g/mol. The molecule has 174 valence electrons. The van der Waals surface area contributed by atoms with Crippen LogP contribution in [0.2, 0.25) is 0 Å². The van der Waals surface area contributed by atoms with Crippen LogP contribution in [-0.4, -0.2) is 33.6 Å². The molecule has 2 aliphatic rings. The Bertz CT molecular complexity index is 1060. The van der Waals surface area contributed by atoms with Crippen molar-refractivity contribution in [1.82, 2.24) is 9.88 Å². The summed E-state index contributed by atoms with van der Waals surface area (Å²) in [4.78, 5) is 47.3. The molecule has 6 heteroatoms. The first-order chi connectivity index (χ1) is 15.5. The SMILES string of the molecule is CC(C)c1ccc(N2C(=O)CC(N(Cc3cccnc3)C(=O)C3C(C)(C)C3(C)C)C2=O)cc1. The van der Waals surface area contributed by atoms with E-state index in [9.17, 15) is 14.4 Å². The standard InChI is InChI=1S/C27H33N3O3/c1-17(2)19-9-11-20(12-10-19)30-22(31)14-21(24(30)32)29(16-18-8-7-13-28-15-18)25(33)23-26(3,4)27(23,5)6/h7-13,15,17,21,23H,14,16H2,1-6H3. The Balaban J connectivity index is 1.65. The molecule has 4 rings (SSSR count). The number of pyridine rings is 1. The van der Waals surface area contributed by atoms with Crippen LogP contribution in [0, 0.1) is 16.7 Å². The van der Waals surface area contributed by atoms with E-state index in [-0.39, 0.29) is 47.4 Å². The molecular formula is C27H33N3O3. The van der Waals surface area contributed by atoms with E-state index < -0.39 is 6.04 Å². The number of benzene rings is 1. The summed E-state index contributed by atoms with van der Waals surface area (Å²) in [6.45, 7) is 12.8. The second-order valence-electron chi connectivity index (χ2n) is 10.7. The van der Waals surface area contributed by atoms with Gasteiger partial charge in [0.15, 0.2) is 0 Å². The lowest BCUT2D eigenvalue weighted by Gasteiger charge is -2.28. The van der Waals surface area contributed by atoms with Crippen molar-refractivity contribution in [2.75, 3.05) is 4.90 Å². The van der Waals surface area contributed by atoms with Crippen molar-refractivity contribution in [1.29, 1.82) is 0 Å². The molecule has 1 unspecified atom stereocenters. The highest BCUT2D eigenvalue weighted by Gasteiger charge is 2.69. The van der Waals surface area contributed by atoms with Crippen LogP contribution in [0.5, 0.6) is 0 Å². The zero-order valence-electron chi connectivity index (χ0n) is 20.3. The van der Waals surface area contributed by atoms with Gasteiger partial charge in [-0.2, -0.15) is 0 Å². The van der Waals surface area contributed by atoms with Crippen LogP contribution >= 0.6 is 0 Å². The van der Waals surface area contributed by atoms with Gasteiger partial charge in [0.25, 0.3) is 5.91 Å². The molecule has 0 spiro atoms. The molecule has 2 heterocycles. The van der Waals surface area contributed by atoms with Gasteiger partial charge in [0.1, 0.15) is 6.04 Å². The monoisotopic (exact) mass is 447 g/mol. The fourth-order valence-corrected chi connectivity index (χ4v) is 5.15. The first-order valence-corrected chi connectivity index (χ1v) is 11.6. The van der Waals surface area contributed by atoms with E-state index in [1.807, 2.05) is 36.4 Å². The van der Waals surface area contributed by atoms with Gasteiger partial charge in [-0.3, -0.25) is 19.4 Å². The number of amides is 3. The predicted octanol–water partition coefficient (Wildman–Crippen LogP) is 4.55. The number of anilines is 1. The number of aromatic nitrogens is 1. The lowest BCUT2D eigenvalue weighted by Crippen LogP contribution is -2.46. The van der Waals surface area contributed by atoms with E-state index in [0.29, 0.717) is 11.6 Å². The van der Waals surface area contributed by atoms with Crippen LogP contribution in [-0.2, 0) is 20.9 Å². The third kappa shape index (κ3) is 3.85. The van der Waals surface area contributed by atoms with Crippen LogP contribution in [0.1, 0.15) is 65.0 Å². The Morgan fingerprint density at radius 1 is 1.09 bits per heavy atom. The minimum absolute atomic E-state index is 0.00958. The van der Waals surface area contributed by atoms with Gasteiger partial charge >= 0.3 is 0 Å². The minimum atomic E-state index is -0.817. The quantitative estimate of drug-likeness (QED) is 0.609. The molecule has 1 aromatic heterocycles. The Morgan fingerprint density at radius 3 is 2.24 bits per heavy atom. The fourth-order valence-electron chi connectivity index (χ4n) is 5.15. The maximum absolute atomic E-state index is 13.8. The van der Waals surface area contributed by atoms with E-state index >= 15 is 0 Å². The Morgan fingerprint density at radius 2 is 1.73 bits per heavy atom. The van der Waals surface area contributed by atoms with Gasteiger partial charge in [-0.1, -0.05) is 59.7 Å². The summed E-state index contributed by atoms with van der Waals surface area (Å²) in [6.07, 6.45) is 3.37. The Hall–Kier alpha value is -3.02. The fraction of sp³-hybridized carbons (Fsp3) is 0.481. The zero-order chi connectivity index (χ0) is 24.1. The van der Waals surface area contributed by atoms with Crippen molar-refractivity contribution >= 4 is 23.4 Å². The molecule has 2 aromatic rings. The van der Waals surface area contributed by atoms with Gasteiger partial charge in [-0.15, -0.1) is 0 Å². The van der Waals surface area contributed by atoms with Gasteiger partial charge in [-0.25, -0.2) is 4.90 Å². The molecule has 3 amide bonds. The van der Waals surface area contributed by atoms with E-state index in [1.54, 1.807) is 17.3 Å². The molecule has 1 saturated carbocycles. The predicted molar refractivity (Wildman–Crippen MR) is 127 cm³/mol. The smallest absolute Gasteiger partial charge is 0.257 e. The second-order valence-corrected chi connectivity index (χ2v) is 10.7. The third-order valence-corrected chi connectivity index (χ3v) is 7.94. The third-order valence-electron chi connectivity index (χ3n) is 7.94. The summed E-state index contributed by atoms with van der Waals surface area (Å²) in [7, 11) is 0. The number of hydrogen-bond donors (Lipinski definition) is 0. The topological polar surface area (TPSA) is 70.6 Å². The average molecular weight is 448 g/mol. The summed E-state index contributed by atoms with van der Waals surface area (Å²) >= 11 is 0. The van der Waals surface area contributed by atoms with Crippen LogP contribution in [0.15, 0.2) is 48.8 Å².